The first-order valence-electron chi connectivity index (χ1n) is 13.5. The summed E-state index contributed by atoms with van der Waals surface area (Å²) in [5.74, 6) is 0.559. The Bertz CT molecular complexity index is 2160. The van der Waals surface area contributed by atoms with Crippen molar-refractivity contribution in [3.8, 4) is 28.8 Å². The quantitative estimate of drug-likeness (QED) is 0.172. The van der Waals surface area contributed by atoms with Gasteiger partial charge in [-0.1, -0.05) is 30.3 Å². The van der Waals surface area contributed by atoms with Crippen molar-refractivity contribution in [3.05, 3.63) is 111 Å². The minimum atomic E-state index is -0.558. The predicted octanol–water partition coefficient (Wildman–Crippen LogP) is 6.63. The number of amides is 1. The number of benzene rings is 4. The van der Waals surface area contributed by atoms with E-state index in [0.29, 0.717) is 38.0 Å². The predicted molar refractivity (Wildman–Crippen MR) is 172 cm³/mol. The summed E-state index contributed by atoms with van der Waals surface area (Å²) in [6, 6.07) is 23.3. The van der Waals surface area contributed by atoms with Crippen molar-refractivity contribution in [2.75, 3.05) is 26.1 Å². The van der Waals surface area contributed by atoms with Crippen molar-refractivity contribution in [3.63, 3.8) is 0 Å². The van der Waals surface area contributed by atoms with Crippen molar-refractivity contribution < 1.29 is 27.8 Å². The number of methoxy groups -OCH3 is 2. The van der Waals surface area contributed by atoms with E-state index in [2.05, 4.69) is 26.3 Å². The smallest absolute Gasteiger partial charge is 0.282 e. The van der Waals surface area contributed by atoms with Gasteiger partial charge in [-0.25, -0.2) is 9.37 Å². The summed E-state index contributed by atoms with van der Waals surface area (Å²) in [7, 11) is 3.01. The number of fused-ring (bicyclic) bond motifs is 2. The lowest BCUT2D eigenvalue weighted by Gasteiger charge is -2.14. The van der Waals surface area contributed by atoms with Crippen molar-refractivity contribution >= 4 is 55.6 Å². The highest BCUT2D eigenvalue weighted by molar-refractivity contribution is 9.10. The zero-order chi connectivity index (χ0) is 31.5. The molecule has 45 heavy (non-hydrogen) atoms. The molecule has 0 radical (unpaired) electrons. The molecule has 12 heteroatoms. The molecule has 0 spiro atoms. The van der Waals surface area contributed by atoms with Crippen LogP contribution in [0.4, 0.5) is 10.1 Å². The molecule has 0 aliphatic heterocycles. The molecule has 0 bridgehead atoms. The number of hydrogen-bond acceptors (Lipinski definition) is 8. The number of anilines is 1. The number of furan rings is 1. The van der Waals surface area contributed by atoms with Gasteiger partial charge in [-0.05, 0) is 76.1 Å². The highest BCUT2D eigenvalue weighted by Gasteiger charge is 2.19. The number of nitrogens with one attached hydrogen (secondary N) is 1. The van der Waals surface area contributed by atoms with Crippen LogP contribution in [0.2, 0.25) is 0 Å². The molecule has 0 saturated heterocycles. The van der Waals surface area contributed by atoms with Gasteiger partial charge in [0.2, 0.25) is 5.82 Å². The summed E-state index contributed by atoms with van der Waals surface area (Å²) in [5.41, 5.74) is 1.24. The lowest BCUT2D eigenvalue weighted by Crippen LogP contribution is -2.21. The van der Waals surface area contributed by atoms with E-state index in [1.165, 1.54) is 36.2 Å². The van der Waals surface area contributed by atoms with Crippen molar-refractivity contribution in [2.24, 2.45) is 5.10 Å². The fourth-order valence-electron chi connectivity index (χ4n) is 4.68. The Kier molecular flexibility index (Phi) is 8.30. The third kappa shape index (κ3) is 6.00. The molecule has 0 fully saturated rings. The van der Waals surface area contributed by atoms with Crippen LogP contribution in [0, 0.1) is 5.82 Å². The highest BCUT2D eigenvalue weighted by Crippen LogP contribution is 2.37. The number of para-hydroxylation sites is 2. The number of aromatic nitrogens is 2. The molecule has 1 N–H and O–H groups in total. The Hall–Kier alpha value is -5.49. The largest absolute Gasteiger partial charge is 0.496 e. The van der Waals surface area contributed by atoms with Gasteiger partial charge in [0.05, 0.1) is 46.9 Å². The van der Waals surface area contributed by atoms with Crippen LogP contribution < -0.4 is 25.1 Å². The number of rotatable bonds is 9. The summed E-state index contributed by atoms with van der Waals surface area (Å²) < 4.78 is 38.3. The van der Waals surface area contributed by atoms with Crippen LogP contribution in [0.25, 0.3) is 33.5 Å². The van der Waals surface area contributed by atoms with E-state index < -0.39 is 23.9 Å². The van der Waals surface area contributed by atoms with Gasteiger partial charge in [0.1, 0.15) is 17.1 Å². The molecule has 6 aromatic rings. The lowest BCUT2D eigenvalue weighted by molar-refractivity contribution is -0.118. The number of nitrogens with zero attached hydrogens (tertiary/aromatic N) is 3. The second-order valence-corrected chi connectivity index (χ2v) is 10.5. The van der Waals surface area contributed by atoms with Crippen molar-refractivity contribution in [2.45, 2.75) is 0 Å². The molecule has 10 nitrogen and oxygen atoms in total. The Morgan fingerprint density at radius 1 is 1.00 bits per heavy atom. The molecule has 1 amide bonds. The number of halogens is 2. The minimum Gasteiger partial charge on any atom is -0.496 e. The third-order valence-corrected chi connectivity index (χ3v) is 7.37. The van der Waals surface area contributed by atoms with Gasteiger partial charge in [-0.3, -0.25) is 9.59 Å². The average Bonchev–Trinajstić information content (AvgIpc) is 3.49. The van der Waals surface area contributed by atoms with Gasteiger partial charge in [0.15, 0.2) is 23.9 Å². The standard InChI is InChI=1S/C33H24BrFN4O6/c1-42-26-12-7-13-27-21(26)16-29(45-27)32-38-24-10-5-3-8-20(24)33(41)39(32)36-17-19-14-22(34)31(28(15-19)43-2)44-18-30(40)37-25-11-6-4-9-23(25)35/h3-17H,18H2,1-2H3,(H,37,40). The summed E-state index contributed by atoms with van der Waals surface area (Å²) in [4.78, 5) is 30.8. The number of carbonyl (C=O) groups excluding carboxylic acids is 1. The van der Waals surface area contributed by atoms with Crippen LogP contribution in [-0.2, 0) is 4.79 Å². The molecule has 6 rings (SSSR count). The third-order valence-electron chi connectivity index (χ3n) is 6.79. The molecule has 0 aliphatic carbocycles. The first-order chi connectivity index (χ1) is 21.9. The number of carbonyl (C=O) groups is 1. The Morgan fingerprint density at radius 3 is 2.58 bits per heavy atom. The van der Waals surface area contributed by atoms with Gasteiger partial charge in [0, 0.05) is 0 Å². The summed E-state index contributed by atoms with van der Waals surface area (Å²) in [6.45, 7) is -0.402. The first kappa shape index (κ1) is 29.6. The van der Waals surface area contributed by atoms with Crippen LogP contribution in [0.1, 0.15) is 5.56 Å². The van der Waals surface area contributed by atoms with E-state index in [1.54, 1.807) is 61.7 Å². The summed E-state index contributed by atoms with van der Waals surface area (Å²) >= 11 is 3.46. The number of hydrogen-bond donors (Lipinski definition) is 1. The number of ether oxygens (including phenoxy) is 3. The average molecular weight is 671 g/mol. The molecule has 0 saturated carbocycles. The Labute approximate surface area is 263 Å². The molecule has 0 atom stereocenters. The zero-order valence-corrected chi connectivity index (χ0v) is 25.5. The van der Waals surface area contributed by atoms with E-state index in [-0.39, 0.29) is 23.0 Å². The minimum absolute atomic E-state index is 0.0447. The van der Waals surface area contributed by atoms with Gasteiger partial charge in [-0.15, -0.1) is 0 Å². The molecular weight excluding hydrogens is 647 g/mol. The molecule has 2 aromatic heterocycles. The molecule has 0 aliphatic rings. The molecular formula is C33H24BrFN4O6. The van der Waals surface area contributed by atoms with E-state index in [0.717, 1.165) is 5.39 Å². The lowest BCUT2D eigenvalue weighted by atomic mass is 10.2. The fourth-order valence-corrected chi connectivity index (χ4v) is 5.25. The maximum atomic E-state index is 13.9. The first-order valence-corrected chi connectivity index (χ1v) is 14.3. The zero-order valence-electron chi connectivity index (χ0n) is 23.9. The van der Waals surface area contributed by atoms with E-state index in [9.17, 15) is 14.0 Å². The highest BCUT2D eigenvalue weighted by atomic mass is 79.9. The normalized spacial score (nSPS) is 11.3. The maximum Gasteiger partial charge on any atom is 0.282 e. The summed E-state index contributed by atoms with van der Waals surface area (Å²) in [6.07, 6.45) is 1.46. The van der Waals surface area contributed by atoms with Crippen LogP contribution in [-0.4, -0.2) is 42.6 Å². The molecule has 2 heterocycles. The van der Waals surface area contributed by atoms with Gasteiger partial charge >= 0.3 is 0 Å². The van der Waals surface area contributed by atoms with Crippen LogP contribution in [0.5, 0.6) is 17.2 Å². The van der Waals surface area contributed by atoms with Crippen LogP contribution in [0.15, 0.2) is 104 Å². The van der Waals surface area contributed by atoms with Crippen LogP contribution >= 0.6 is 15.9 Å². The topological polar surface area (TPSA) is 117 Å². The monoisotopic (exact) mass is 670 g/mol. The van der Waals surface area contributed by atoms with E-state index in [1.807, 2.05) is 12.1 Å². The van der Waals surface area contributed by atoms with Crippen molar-refractivity contribution in [1.82, 2.24) is 9.66 Å². The second-order valence-electron chi connectivity index (χ2n) is 9.65. The van der Waals surface area contributed by atoms with Gasteiger partial charge in [-0.2, -0.15) is 9.78 Å². The van der Waals surface area contributed by atoms with E-state index in [4.69, 9.17) is 23.6 Å². The van der Waals surface area contributed by atoms with Crippen molar-refractivity contribution in [1.29, 1.82) is 0 Å². The van der Waals surface area contributed by atoms with Gasteiger partial charge < -0.3 is 23.9 Å². The SMILES string of the molecule is COc1cc(C=Nn2c(-c3cc4c(OC)cccc4o3)nc3ccccc3c2=O)cc(Br)c1OCC(=O)Nc1ccccc1F. The summed E-state index contributed by atoms with van der Waals surface area (Å²) in [5, 5.41) is 8.07. The van der Waals surface area contributed by atoms with Gasteiger partial charge in [0.25, 0.3) is 11.5 Å². The molecule has 226 valence electrons. The Balaban J connectivity index is 1.33. The van der Waals surface area contributed by atoms with E-state index >= 15 is 0 Å². The maximum absolute atomic E-state index is 13.9. The van der Waals surface area contributed by atoms with Crippen LogP contribution in [0.3, 0.4) is 0 Å². The fraction of sp³-hybridized carbons (Fsp3) is 0.0909. The molecule has 4 aromatic carbocycles. The second kappa shape index (κ2) is 12.6. The molecule has 0 unspecified atom stereocenters. The Morgan fingerprint density at radius 2 is 1.78 bits per heavy atom.